The molecule has 1 aliphatic heterocycles. The number of fused-ring (bicyclic) bond motifs is 3. The standard InChI is InChI=1S/C40H28BN3/c1-27-20-25-38(40-39(27)32(28-12-4-2-5-13-28)26-33(42-40)29-21-23-30(41)24-22-29)44-36-18-10-8-16-34(36)43(31-14-6-3-7-15-31)35-17-9-11-19-37(35)44/h2-26H,1H3. The molecule has 0 atom stereocenters. The van der Waals surface area contributed by atoms with E-state index in [0.29, 0.717) is 0 Å². The van der Waals surface area contributed by atoms with Crippen molar-refractivity contribution in [3.8, 4) is 22.4 Å². The molecule has 0 N–H and O–H groups in total. The number of pyridine rings is 1. The summed E-state index contributed by atoms with van der Waals surface area (Å²) in [7, 11) is 6.07. The summed E-state index contributed by atoms with van der Waals surface area (Å²) in [6.07, 6.45) is 0. The third-order valence-electron chi connectivity index (χ3n) is 8.42. The molecule has 44 heavy (non-hydrogen) atoms. The van der Waals surface area contributed by atoms with Gasteiger partial charge in [0.1, 0.15) is 7.85 Å². The first kappa shape index (κ1) is 26.1. The first-order chi connectivity index (χ1) is 21.7. The number of aromatic nitrogens is 1. The van der Waals surface area contributed by atoms with E-state index in [1.807, 2.05) is 12.1 Å². The summed E-state index contributed by atoms with van der Waals surface area (Å²) in [6.45, 7) is 2.18. The lowest BCUT2D eigenvalue weighted by Gasteiger charge is -2.40. The van der Waals surface area contributed by atoms with Crippen LogP contribution in [0.3, 0.4) is 0 Å². The maximum Gasteiger partial charge on any atom is 0.113 e. The molecule has 1 aliphatic rings. The lowest BCUT2D eigenvalue weighted by molar-refractivity contribution is 1.17. The van der Waals surface area contributed by atoms with Crippen LogP contribution in [0, 0.1) is 6.92 Å². The van der Waals surface area contributed by atoms with Gasteiger partial charge in [-0.2, -0.15) is 0 Å². The van der Waals surface area contributed by atoms with Crippen LogP contribution < -0.4 is 15.3 Å². The first-order valence-electron chi connectivity index (χ1n) is 14.9. The predicted molar refractivity (Wildman–Crippen MR) is 186 cm³/mol. The van der Waals surface area contributed by atoms with Gasteiger partial charge in [0.05, 0.1) is 39.6 Å². The van der Waals surface area contributed by atoms with Crippen LogP contribution in [-0.4, -0.2) is 12.8 Å². The van der Waals surface area contributed by atoms with E-state index in [0.717, 1.165) is 72.9 Å². The molecule has 2 heterocycles. The van der Waals surface area contributed by atoms with Gasteiger partial charge < -0.3 is 9.80 Å². The minimum Gasteiger partial charge on any atom is -0.306 e. The number of para-hydroxylation sites is 5. The molecule has 0 aliphatic carbocycles. The Balaban J connectivity index is 1.44. The van der Waals surface area contributed by atoms with E-state index in [1.54, 1.807) is 0 Å². The fourth-order valence-electron chi connectivity index (χ4n) is 6.38. The van der Waals surface area contributed by atoms with Gasteiger partial charge in [-0.05, 0) is 72.1 Å². The lowest BCUT2D eigenvalue weighted by Crippen LogP contribution is -2.24. The van der Waals surface area contributed by atoms with E-state index in [1.165, 1.54) is 5.56 Å². The molecule has 0 fully saturated rings. The first-order valence-corrected chi connectivity index (χ1v) is 14.9. The molecule has 7 aromatic rings. The van der Waals surface area contributed by atoms with Crippen LogP contribution in [0.5, 0.6) is 0 Å². The fourth-order valence-corrected chi connectivity index (χ4v) is 6.38. The average molecular weight is 561 g/mol. The van der Waals surface area contributed by atoms with Gasteiger partial charge in [-0.3, -0.25) is 0 Å². The smallest absolute Gasteiger partial charge is 0.113 e. The van der Waals surface area contributed by atoms with Crippen LogP contribution >= 0.6 is 0 Å². The Morgan fingerprint density at radius 2 is 1.05 bits per heavy atom. The minimum atomic E-state index is 0.735. The molecule has 0 amide bonds. The number of aryl methyl sites for hydroxylation is 1. The van der Waals surface area contributed by atoms with Crippen molar-refractivity contribution in [2.24, 2.45) is 0 Å². The van der Waals surface area contributed by atoms with Gasteiger partial charge >= 0.3 is 0 Å². The Morgan fingerprint density at radius 1 is 0.500 bits per heavy atom. The van der Waals surface area contributed by atoms with Crippen molar-refractivity contribution in [2.75, 3.05) is 9.80 Å². The second kappa shape index (κ2) is 10.6. The zero-order valence-electron chi connectivity index (χ0n) is 24.4. The number of hydrogen-bond donors (Lipinski definition) is 0. The molecule has 2 radical (unpaired) electrons. The maximum atomic E-state index is 6.07. The summed E-state index contributed by atoms with van der Waals surface area (Å²) in [6, 6.07) is 53.1. The van der Waals surface area contributed by atoms with Crippen molar-refractivity contribution < 1.29 is 0 Å². The molecule has 0 saturated heterocycles. The number of benzene rings is 6. The molecule has 0 saturated carbocycles. The zero-order valence-corrected chi connectivity index (χ0v) is 24.4. The van der Waals surface area contributed by atoms with Crippen molar-refractivity contribution >= 4 is 58.3 Å². The van der Waals surface area contributed by atoms with Gasteiger partial charge in [-0.15, -0.1) is 0 Å². The Bertz CT molecular complexity index is 2090. The van der Waals surface area contributed by atoms with E-state index >= 15 is 0 Å². The zero-order chi connectivity index (χ0) is 29.6. The number of rotatable bonds is 4. The highest BCUT2D eigenvalue weighted by Gasteiger charge is 2.31. The predicted octanol–water partition coefficient (Wildman–Crippen LogP) is 9.92. The van der Waals surface area contributed by atoms with E-state index < -0.39 is 0 Å². The van der Waals surface area contributed by atoms with E-state index in [9.17, 15) is 0 Å². The molecule has 0 unspecified atom stereocenters. The average Bonchev–Trinajstić information content (AvgIpc) is 3.08. The molecule has 1 aromatic heterocycles. The Kier molecular flexibility index (Phi) is 6.27. The van der Waals surface area contributed by atoms with Gasteiger partial charge in [-0.1, -0.05) is 109 Å². The molecular formula is C40H28BN3. The molecular weight excluding hydrogens is 533 g/mol. The van der Waals surface area contributed by atoms with Crippen LogP contribution in [-0.2, 0) is 0 Å². The molecule has 3 nitrogen and oxygen atoms in total. The van der Waals surface area contributed by atoms with Crippen LogP contribution in [0.2, 0.25) is 0 Å². The second-order valence-electron chi connectivity index (χ2n) is 11.2. The summed E-state index contributed by atoms with van der Waals surface area (Å²) < 4.78 is 0. The van der Waals surface area contributed by atoms with Gasteiger partial charge in [0, 0.05) is 16.6 Å². The van der Waals surface area contributed by atoms with Crippen molar-refractivity contribution in [1.29, 1.82) is 0 Å². The number of hydrogen-bond acceptors (Lipinski definition) is 3. The third kappa shape index (κ3) is 4.27. The number of anilines is 6. The maximum absolute atomic E-state index is 6.07. The van der Waals surface area contributed by atoms with Gasteiger partial charge in [0.25, 0.3) is 0 Å². The Hall–Kier alpha value is -5.61. The molecule has 0 spiro atoms. The molecule has 206 valence electrons. The van der Waals surface area contributed by atoms with E-state index in [2.05, 4.69) is 156 Å². The SMILES string of the molecule is [B]c1ccc(-c2cc(-c3ccccc3)c3c(C)ccc(N4c5ccccc5N(c5ccccc5)c5ccccc54)c3n2)cc1. The normalized spacial score (nSPS) is 12.2. The Morgan fingerprint density at radius 3 is 1.66 bits per heavy atom. The molecule has 8 rings (SSSR count). The van der Waals surface area contributed by atoms with Gasteiger partial charge in [0.15, 0.2) is 0 Å². The summed E-state index contributed by atoms with van der Waals surface area (Å²) in [5.41, 5.74) is 13.7. The highest BCUT2D eigenvalue weighted by atomic mass is 15.3. The summed E-state index contributed by atoms with van der Waals surface area (Å²) in [5.74, 6) is 0. The second-order valence-corrected chi connectivity index (χ2v) is 11.2. The van der Waals surface area contributed by atoms with Crippen LogP contribution in [0.25, 0.3) is 33.3 Å². The highest BCUT2D eigenvalue weighted by Crippen LogP contribution is 2.55. The Labute approximate surface area is 259 Å². The van der Waals surface area contributed by atoms with Crippen LogP contribution in [0.4, 0.5) is 34.1 Å². The van der Waals surface area contributed by atoms with Gasteiger partial charge in [0.2, 0.25) is 0 Å². The van der Waals surface area contributed by atoms with E-state index in [4.69, 9.17) is 12.8 Å². The molecule has 6 aromatic carbocycles. The largest absolute Gasteiger partial charge is 0.306 e. The van der Waals surface area contributed by atoms with Gasteiger partial charge in [-0.25, -0.2) is 4.98 Å². The summed E-state index contributed by atoms with van der Waals surface area (Å²) >= 11 is 0. The van der Waals surface area contributed by atoms with Crippen molar-refractivity contribution in [2.45, 2.75) is 6.92 Å². The summed E-state index contributed by atoms with van der Waals surface area (Å²) in [5, 5.41) is 1.15. The topological polar surface area (TPSA) is 19.4 Å². The molecule has 0 bridgehead atoms. The lowest BCUT2D eigenvalue weighted by atomic mass is 9.92. The van der Waals surface area contributed by atoms with Crippen molar-refractivity contribution in [1.82, 2.24) is 4.98 Å². The number of nitrogens with zero attached hydrogens (tertiary/aromatic N) is 3. The van der Waals surface area contributed by atoms with E-state index in [-0.39, 0.29) is 0 Å². The monoisotopic (exact) mass is 561 g/mol. The quantitative estimate of drug-likeness (QED) is 0.199. The van der Waals surface area contributed by atoms with Crippen molar-refractivity contribution in [3.63, 3.8) is 0 Å². The third-order valence-corrected chi connectivity index (χ3v) is 8.42. The summed E-state index contributed by atoms with van der Waals surface area (Å²) in [4.78, 5) is 10.1. The minimum absolute atomic E-state index is 0.735. The molecule has 4 heteroatoms. The highest BCUT2D eigenvalue weighted by molar-refractivity contribution is 6.32. The van der Waals surface area contributed by atoms with Crippen LogP contribution in [0.15, 0.2) is 152 Å². The van der Waals surface area contributed by atoms with Crippen LogP contribution in [0.1, 0.15) is 5.56 Å². The fraction of sp³-hybridized carbons (Fsp3) is 0.0250. The van der Waals surface area contributed by atoms with Crippen molar-refractivity contribution in [3.05, 3.63) is 157 Å².